The molecule has 0 spiro atoms. The summed E-state index contributed by atoms with van der Waals surface area (Å²) in [7, 11) is 1.47. The third-order valence-corrected chi connectivity index (χ3v) is 4.87. The minimum Gasteiger partial charge on any atom is -0.496 e. The lowest BCUT2D eigenvalue weighted by atomic mass is 9.96. The molecule has 0 saturated carbocycles. The Hall–Kier alpha value is -1.99. The number of halogens is 1. The Labute approximate surface area is 171 Å². The van der Waals surface area contributed by atoms with Gasteiger partial charge in [0.2, 0.25) is 0 Å². The zero-order valence-corrected chi connectivity index (χ0v) is 17.7. The molecule has 2 rings (SSSR count). The fourth-order valence-electron chi connectivity index (χ4n) is 3.18. The zero-order chi connectivity index (χ0) is 20.9. The maximum atomic E-state index is 12.6. The van der Waals surface area contributed by atoms with Gasteiger partial charge in [-0.3, -0.25) is 9.59 Å². The Morgan fingerprint density at radius 1 is 1.36 bits per heavy atom. The molecule has 1 heterocycles. The standard InChI is InChI=1S/C20H30ClN3O4/c1-20(2,3)28-19(26)12-6-5-7-23-13(8-12)11-24-18(25)14-9-15(21)16(22)10-17(14)27-4/h9-10,12-13,23H,5-8,11,22H2,1-4H3,(H,24,25). The van der Waals surface area contributed by atoms with Crippen LogP contribution < -0.4 is 21.1 Å². The number of nitrogens with two attached hydrogens (primary N) is 1. The van der Waals surface area contributed by atoms with Gasteiger partial charge in [-0.15, -0.1) is 0 Å². The number of carbonyl (C=O) groups excluding carboxylic acids is 2. The second-order valence-corrected chi connectivity index (χ2v) is 8.45. The summed E-state index contributed by atoms with van der Waals surface area (Å²) in [6, 6.07) is 2.99. The summed E-state index contributed by atoms with van der Waals surface area (Å²) in [6.07, 6.45) is 2.26. The summed E-state index contributed by atoms with van der Waals surface area (Å²) in [5, 5.41) is 6.57. The molecule has 2 unspecified atom stereocenters. The first-order valence-corrected chi connectivity index (χ1v) is 9.86. The van der Waals surface area contributed by atoms with Gasteiger partial charge in [0.05, 0.1) is 29.3 Å². The van der Waals surface area contributed by atoms with Crippen LogP contribution in [0.1, 0.15) is 50.4 Å². The number of esters is 1. The maximum absolute atomic E-state index is 12.6. The molecule has 28 heavy (non-hydrogen) atoms. The number of hydrogen-bond donors (Lipinski definition) is 3. The van der Waals surface area contributed by atoms with E-state index in [0.717, 1.165) is 19.4 Å². The van der Waals surface area contributed by atoms with Crippen molar-refractivity contribution in [3.63, 3.8) is 0 Å². The maximum Gasteiger partial charge on any atom is 0.309 e. The number of rotatable bonds is 5. The molecule has 1 aliphatic heterocycles. The van der Waals surface area contributed by atoms with Crippen molar-refractivity contribution in [2.24, 2.45) is 5.92 Å². The van der Waals surface area contributed by atoms with Crippen LogP contribution in [0.4, 0.5) is 5.69 Å². The third kappa shape index (κ3) is 6.27. The van der Waals surface area contributed by atoms with E-state index in [1.165, 1.54) is 19.2 Å². The molecule has 0 aliphatic carbocycles. The first-order valence-electron chi connectivity index (χ1n) is 9.48. The second kappa shape index (κ2) is 9.47. The average Bonchev–Trinajstić information content (AvgIpc) is 2.86. The molecule has 1 fully saturated rings. The van der Waals surface area contributed by atoms with Crippen LogP contribution >= 0.6 is 11.6 Å². The molecule has 1 amide bonds. The lowest BCUT2D eigenvalue weighted by molar-refractivity contribution is -0.160. The van der Waals surface area contributed by atoms with E-state index in [-0.39, 0.29) is 23.8 Å². The Kier molecular flexibility index (Phi) is 7.55. The summed E-state index contributed by atoms with van der Waals surface area (Å²) in [5.74, 6) is -0.311. The zero-order valence-electron chi connectivity index (χ0n) is 16.9. The van der Waals surface area contributed by atoms with Gasteiger partial charge in [-0.05, 0) is 52.6 Å². The van der Waals surface area contributed by atoms with Gasteiger partial charge in [-0.1, -0.05) is 11.6 Å². The molecule has 0 aromatic heterocycles. The summed E-state index contributed by atoms with van der Waals surface area (Å²) in [6.45, 7) is 6.76. The molecule has 0 radical (unpaired) electrons. The lowest BCUT2D eigenvalue weighted by Gasteiger charge is -2.25. The summed E-state index contributed by atoms with van der Waals surface area (Å²) < 4.78 is 10.8. The molecule has 8 heteroatoms. The fourth-order valence-corrected chi connectivity index (χ4v) is 3.34. The van der Waals surface area contributed by atoms with Gasteiger partial charge in [0.15, 0.2) is 0 Å². The van der Waals surface area contributed by atoms with Gasteiger partial charge < -0.3 is 25.8 Å². The highest BCUT2D eigenvalue weighted by Crippen LogP contribution is 2.29. The number of nitrogens with one attached hydrogen (secondary N) is 2. The number of ether oxygens (including phenoxy) is 2. The number of benzene rings is 1. The van der Waals surface area contributed by atoms with Crippen LogP contribution in [0.3, 0.4) is 0 Å². The van der Waals surface area contributed by atoms with Crippen LogP contribution in [0.15, 0.2) is 12.1 Å². The van der Waals surface area contributed by atoms with Crippen LogP contribution in [-0.2, 0) is 9.53 Å². The first kappa shape index (κ1) is 22.3. The Morgan fingerprint density at radius 3 is 2.71 bits per heavy atom. The fraction of sp³-hybridized carbons (Fsp3) is 0.600. The first-order chi connectivity index (χ1) is 13.1. The molecule has 1 aromatic carbocycles. The number of hydrogen-bond acceptors (Lipinski definition) is 6. The smallest absolute Gasteiger partial charge is 0.309 e. The van der Waals surface area contributed by atoms with E-state index < -0.39 is 5.60 Å². The van der Waals surface area contributed by atoms with E-state index in [1.807, 2.05) is 20.8 Å². The Bertz CT molecular complexity index is 718. The number of nitrogen functional groups attached to an aromatic ring is 1. The summed E-state index contributed by atoms with van der Waals surface area (Å²) in [5.41, 5.74) is 5.92. The molecular formula is C20H30ClN3O4. The van der Waals surface area contributed by atoms with Crippen LogP contribution in [-0.4, -0.2) is 43.7 Å². The van der Waals surface area contributed by atoms with Crippen molar-refractivity contribution in [2.75, 3.05) is 25.9 Å². The van der Waals surface area contributed by atoms with Crippen LogP contribution in [0.2, 0.25) is 5.02 Å². The average molecular weight is 412 g/mol. The predicted octanol–water partition coefficient (Wildman–Crippen LogP) is 2.76. The molecule has 0 bridgehead atoms. The van der Waals surface area contributed by atoms with Gasteiger partial charge in [0.1, 0.15) is 11.4 Å². The SMILES string of the molecule is COc1cc(N)c(Cl)cc1C(=O)NCC1CC(C(=O)OC(C)(C)C)CCCN1. The van der Waals surface area contributed by atoms with Crippen molar-refractivity contribution >= 4 is 29.2 Å². The minimum absolute atomic E-state index is 0.0285. The molecule has 1 saturated heterocycles. The topological polar surface area (TPSA) is 103 Å². The van der Waals surface area contributed by atoms with Crippen molar-refractivity contribution in [3.8, 4) is 5.75 Å². The van der Waals surface area contributed by atoms with Crippen LogP contribution in [0.25, 0.3) is 0 Å². The highest BCUT2D eigenvalue weighted by atomic mass is 35.5. The number of amides is 1. The number of anilines is 1. The molecule has 4 N–H and O–H groups in total. The van der Waals surface area contributed by atoms with E-state index in [9.17, 15) is 9.59 Å². The molecular weight excluding hydrogens is 382 g/mol. The molecule has 156 valence electrons. The quantitative estimate of drug-likeness (QED) is 0.508. The minimum atomic E-state index is -0.508. The van der Waals surface area contributed by atoms with Gasteiger partial charge in [-0.2, -0.15) is 0 Å². The Morgan fingerprint density at radius 2 is 2.07 bits per heavy atom. The van der Waals surface area contributed by atoms with E-state index in [4.69, 9.17) is 26.8 Å². The van der Waals surface area contributed by atoms with E-state index >= 15 is 0 Å². The van der Waals surface area contributed by atoms with Crippen molar-refractivity contribution in [3.05, 3.63) is 22.7 Å². The molecule has 1 aliphatic rings. The predicted molar refractivity (Wildman–Crippen MR) is 110 cm³/mol. The van der Waals surface area contributed by atoms with E-state index in [0.29, 0.717) is 35.0 Å². The van der Waals surface area contributed by atoms with Crippen LogP contribution in [0, 0.1) is 5.92 Å². The number of carbonyl (C=O) groups is 2. The van der Waals surface area contributed by atoms with E-state index in [1.54, 1.807) is 0 Å². The summed E-state index contributed by atoms with van der Waals surface area (Å²) in [4.78, 5) is 25.1. The lowest BCUT2D eigenvalue weighted by Crippen LogP contribution is -2.42. The van der Waals surface area contributed by atoms with Gasteiger partial charge in [0.25, 0.3) is 5.91 Å². The van der Waals surface area contributed by atoms with Crippen molar-refractivity contribution in [2.45, 2.75) is 51.7 Å². The van der Waals surface area contributed by atoms with Crippen molar-refractivity contribution < 1.29 is 19.1 Å². The van der Waals surface area contributed by atoms with Gasteiger partial charge in [-0.25, -0.2) is 0 Å². The van der Waals surface area contributed by atoms with Gasteiger partial charge >= 0.3 is 5.97 Å². The normalized spacial score (nSPS) is 20.2. The molecule has 2 atom stereocenters. The highest BCUT2D eigenvalue weighted by Gasteiger charge is 2.29. The van der Waals surface area contributed by atoms with Crippen molar-refractivity contribution in [1.29, 1.82) is 0 Å². The van der Waals surface area contributed by atoms with E-state index in [2.05, 4.69) is 10.6 Å². The van der Waals surface area contributed by atoms with Gasteiger partial charge in [0, 0.05) is 18.7 Å². The van der Waals surface area contributed by atoms with Crippen molar-refractivity contribution in [1.82, 2.24) is 10.6 Å². The molecule has 7 nitrogen and oxygen atoms in total. The number of methoxy groups -OCH3 is 1. The molecule has 1 aromatic rings. The largest absolute Gasteiger partial charge is 0.496 e. The highest BCUT2D eigenvalue weighted by molar-refractivity contribution is 6.33. The second-order valence-electron chi connectivity index (χ2n) is 8.04. The van der Waals surface area contributed by atoms with Crippen LogP contribution in [0.5, 0.6) is 5.75 Å². The summed E-state index contributed by atoms with van der Waals surface area (Å²) >= 11 is 6.04. The monoisotopic (exact) mass is 411 g/mol. The third-order valence-electron chi connectivity index (χ3n) is 4.54. The Balaban J connectivity index is 2.00.